The highest BCUT2D eigenvalue weighted by Gasteiger charge is 2.33. The van der Waals surface area contributed by atoms with Crippen LogP contribution in [0.25, 0.3) is 0 Å². The molecule has 0 fully saturated rings. The van der Waals surface area contributed by atoms with Gasteiger partial charge in [0.25, 0.3) is 10.1 Å². The van der Waals surface area contributed by atoms with Gasteiger partial charge in [0.1, 0.15) is 6.61 Å². The molecule has 0 saturated heterocycles. The minimum absolute atomic E-state index is 0.0166. The summed E-state index contributed by atoms with van der Waals surface area (Å²) < 4.78 is 36.4. The molecule has 1 rings (SSSR count). The number of carbonyl (C=O) groups excluding carboxylic acids is 2. The highest BCUT2D eigenvalue weighted by atomic mass is 32.2. The molecule has 9 heteroatoms. The van der Waals surface area contributed by atoms with Crippen LogP contribution in [0.5, 0.6) is 0 Å². The van der Waals surface area contributed by atoms with Crippen LogP contribution in [-0.4, -0.2) is 43.2 Å². The number of carbonyl (C=O) groups is 2. The van der Waals surface area contributed by atoms with Crippen LogP contribution in [0, 0.1) is 0 Å². The van der Waals surface area contributed by atoms with E-state index in [2.05, 4.69) is 5.32 Å². The molecule has 1 atom stereocenters. The number of nitrogens with one attached hydrogen (secondary N) is 1. The van der Waals surface area contributed by atoms with E-state index in [-0.39, 0.29) is 19.6 Å². The highest BCUT2D eigenvalue weighted by molar-refractivity contribution is 7.87. The summed E-state index contributed by atoms with van der Waals surface area (Å²) in [6, 6.07) is 8.63. The van der Waals surface area contributed by atoms with Gasteiger partial charge in [-0.1, -0.05) is 30.3 Å². The normalized spacial score (nSPS) is 12.5. The maximum atomic E-state index is 11.8. The Morgan fingerprint density at radius 1 is 1.27 bits per heavy atom. The lowest BCUT2D eigenvalue weighted by atomic mass is 10.2. The van der Waals surface area contributed by atoms with Crippen LogP contribution in [0.1, 0.15) is 12.0 Å². The third kappa shape index (κ3) is 6.20. The van der Waals surface area contributed by atoms with Gasteiger partial charge in [-0.2, -0.15) is 8.42 Å². The van der Waals surface area contributed by atoms with Crippen molar-refractivity contribution in [3.8, 4) is 0 Å². The minimum Gasteiger partial charge on any atom is -0.460 e. The molecular formula is C13H18N2O6S. The molecule has 0 heterocycles. The Balaban J connectivity index is 2.63. The summed E-state index contributed by atoms with van der Waals surface area (Å²) in [6.45, 7) is -0.630. The van der Waals surface area contributed by atoms with Gasteiger partial charge >= 0.3 is 5.97 Å². The van der Waals surface area contributed by atoms with Crippen molar-refractivity contribution >= 4 is 22.0 Å². The maximum Gasteiger partial charge on any atom is 0.329 e. The molecule has 1 amide bonds. The van der Waals surface area contributed by atoms with Gasteiger partial charge in [-0.15, -0.1) is 0 Å². The summed E-state index contributed by atoms with van der Waals surface area (Å²) in [7, 11) is -4.70. The third-order valence-electron chi connectivity index (χ3n) is 2.70. The SMILES string of the molecule is NCCC(=O)NCC(C(=O)OCc1ccccc1)S(=O)(=O)O. The van der Waals surface area contributed by atoms with Crippen molar-refractivity contribution in [3.05, 3.63) is 35.9 Å². The zero-order valence-corrected chi connectivity index (χ0v) is 12.6. The van der Waals surface area contributed by atoms with Crippen LogP contribution in [0.2, 0.25) is 0 Å². The number of nitrogens with two attached hydrogens (primary N) is 1. The van der Waals surface area contributed by atoms with Crippen molar-refractivity contribution in [2.75, 3.05) is 13.1 Å². The molecule has 122 valence electrons. The number of esters is 1. The molecule has 8 nitrogen and oxygen atoms in total. The summed E-state index contributed by atoms with van der Waals surface area (Å²) in [5, 5.41) is 0.333. The Kier molecular flexibility index (Phi) is 6.96. The second kappa shape index (κ2) is 8.47. The maximum absolute atomic E-state index is 11.8. The minimum atomic E-state index is -4.70. The van der Waals surface area contributed by atoms with Crippen molar-refractivity contribution < 1.29 is 27.3 Å². The van der Waals surface area contributed by atoms with Gasteiger partial charge in [-0.05, 0) is 5.56 Å². The number of amides is 1. The number of benzene rings is 1. The lowest BCUT2D eigenvalue weighted by Gasteiger charge is -2.14. The molecule has 0 aliphatic rings. The Morgan fingerprint density at radius 2 is 1.91 bits per heavy atom. The van der Waals surface area contributed by atoms with Gasteiger partial charge < -0.3 is 15.8 Å². The van der Waals surface area contributed by atoms with Crippen molar-refractivity contribution in [3.63, 3.8) is 0 Å². The largest absolute Gasteiger partial charge is 0.460 e. The molecule has 22 heavy (non-hydrogen) atoms. The van der Waals surface area contributed by atoms with Crippen LogP contribution in [-0.2, 0) is 31.1 Å². The van der Waals surface area contributed by atoms with E-state index in [4.69, 9.17) is 15.0 Å². The average Bonchev–Trinajstić information content (AvgIpc) is 2.45. The monoisotopic (exact) mass is 330 g/mol. The van der Waals surface area contributed by atoms with Gasteiger partial charge in [0, 0.05) is 19.5 Å². The second-order valence-electron chi connectivity index (χ2n) is 4.44. The van der Waals surface area contributed by atoms with Crippen molar-refractivity contribution in [2.24, 2.45) is 5.73 Å². The molecule has 0 aliphatic carbocycles. The molecule has 0 aliphatic heterocycles. The molecule has 0 radical (unpaired) electrons. The first-order valence-corrected chi connectivity index (χ1v) is 7.98. The lowest BCUT2D eigenvalue weighted by Crippen LogP contribution is -2.42. The fourth-order valence-corrected chi connectivity index (χ4v) is 2.16. The highest BCUT2D eigenvalue weighted by Crippen LogP contribution is 2.06. The summed E-state index contributed by atoms with van der Waals surface area (Å²) in [5.41, 5.74) is 5.84. The van der Waals surface area contributed by atoms with Gasteiger partial charge in [0.05, 0.1) is 0 Å². The zero-order valence-electron chi connectivity index (χ0n) is 11.8. The van der Waals surface area contributed by atoms with E-state index in [9.17, 15) is 18.0 Å². The molecule has 0 aromatic heterocycles. The van der Waals surface area contributed by atoms with Crippen LogP contribution in [0.3, 0.4) is 0 Å². The molecule has 4 N–H and O–H groups in total. The predicted molar refractivity (Wildman–Crippen MR) is 78.3 cm³/mol. The van der Waals surface area contributed by atoms with E-state index in [1.807, 2.05) is 0 Å². The first kappa shape index (κ1) is 18.1. The molecule has 0 bridgehead atoms. The fraction of sp³-hybridized carbons (Fsp3) is 0.385. The molecule has 0 saturated carbocycles. The number of ether oxygens (including phenoxy) is 1. The third-order valence-corrected chi connectivity index (χ3v) is 3.78. The fourth-order valence-electron chi connectivity index (χ4n) is 1.56. The van der Waals surface area contributed by atoms with Gasteiger partial charge in [0.2, 0.25) is 11.2 Å². The van der Waals surface area contributed by atoms with Crippen LogP contribution < -0.4 is 11.1 Å². The Labute approximate surface area is 128 Å². The van der Waals surface area contributed by atoms with Crippen molar-refractivity contribution in [1.29, 1.82) is 0 Å². The first-order chi connectivity index (χ1) is 10.3. The van der Waals surface area contributed by atoms with E-state index >= 15 is 0 Å². The molecule has 1 unspecified atom stereocenters. The second-order valence-corrected chi connectivity index (χ2v) is 6.04. The standard InChI is InChI=1S/C13H18N2O6S/c14-7-6-12(16)15-8-11(22(18,19)20)13(17)21-9-10-4-2-1-3-5-10/h1-5,11H,6-9,14H2,(H,15,16)(H,18,19,20). The van der Waals surface area contributed by atoms with E-state index < -0.39 is 33.8 Å². The zero-order chi connectivity index (χ0) is 16.6. The summed E-state index contributed by atoms with van der Waals surface area (Å²) in [5.74, 6) is -1.66. The Bertz CT molecular complexity index is 602. The number of rotatable bonds is 8. The van der Waals surface area contributed by atoms with Gasteiger partial charge in [0.15, 0.2) is 0 Å². The molecular weight excluding hydrogens is 312 g/mol. The van der Waals surface area contributed by atoms with Crippen LogP contribution in [0.15, 0.2) is 30.3 Å². The van der Waals surface area contributed by atoms with Crippen molar-refractivity contribution in [1.82, 2.24) is 5.32 Å². The van der Waals surface area contributed by atoms with Crippen molar-refractivity contribution in [2.45, 2.75) is 18.3 Å². The number of hydrogen-bond donors (Lipinski definition) is 3. The first-order valence-electron chi connectivity index (χ1n) is 6.48. The lowest BCUT2D eigenvalue weighted by molar-refractivity contribution is -0.144. The smallest absolute Gasteiger partial charge is 0.329 e. The van der Waals surface area contributed by atoms with Gasteiger partial charge in [-0.3, -0.25) is 14.1 Å². The van der Waals surface area contributed by atoms with Crippen LogP contribution >= 0.6 is 0 Å². The Hall–Kier alpha value is -1.97. The summed E-state index contributed by atoms with van der Waals surface area (Å²) in [4.78, 5) is 23.1. The number of hydrogen-bond acceptors (Lipinski definition) is 6. The Morgan fingerprint density at radius 3 is 2.45 bits per heavy atom. The molecule has 0 spiro atoms. The predicted octanol–water partition coefficient (Wildman–Crippen LogP) is -0.549. The average molecular weight is 330 g/mol. The summed E-state index contributed by atoms with van der Waals surface area (Å²) in [6.07, 6.45) is -0.0166. The topological polar surface area (TPSA) is 136 Å². The van der Waals surface area contributed by atoms with Gasteiger partial charge in [-0.25, -0.2) is 0 Å². The van der Waals surface area contributed by atoms with E-state index in [0.29, 0.717) is 5.56 Å². The van der Waals surface area contributed by atoms with E-state index in [0.717, 1.165) is 0 Å². The van der Waals surface area contributed by atoms with E-state index in [1.54, 1.807) is 30.3 Å². The van der Waals surface area contributed by atoms with E-state index in [1.165, 1.54) is 0 Å². The molecule has 1 aromatic carbocycles. The summed E-state index contributed by atoms with van der Waals surface area (Å²) >= 11 is 0. The molecule has 1 aromatic rings. The quantitative estimate of drug-likeness (QED) is 0.430. The van der Waals surface area contributed by atoms with Crippen LogP contribution in [0.4, 0.5) is 0 Å².